The van der Waals surface area contributed by atoms with Gasteiger partial charge in [0.1, 0.15) is 12.6 Å². The molecule has 3 aromatic rings. The van der Waals surface area contributed by atoms with E-state index < -0.39 is 11.0 Å². The van der Waals surface area contributed by atoms with Gasteiger partial charge in [0.15, 0.2) is 22.4 Å². The molecule has 1 heterocycles. The van der Waals surface area contributed by atoms with Gasteiger partial charge in [-0.1, -0.05) is 60.3 Å². The Morgan fingerprint density at radius 2 is 1.68 bits per heavy atom. The SMILES string of the molecule is CCOc1cc([C@H]2N=C(SC)N(c3ccccc3)C(C)=C2C(C)=O)c([N+](=O)[O-])cc1OCc1ccccc1. The maximum atomic E-state index is 13.0. The number of ether oxygens (including phenoxy) is 2. The highest BCUT2D eigenvalue weighted by Crippen LogP contribution is 2.45. The predicted molar refractivity (Wildman–Crippen MR) is 151 cm³/mol. The highest BCUT2D eigenvalue weighted by molar-refractivity contribution is 8.13. The third-order valence-corrected chi connectivity index (χ3v) is 6.78. The lowest BCUT2D eigenvalue weighted by molar-refractivity contribution is -0.385. The smallest absolute Gasteiger partial charge is 0.279 e. The zero-order chi connectivity index (χ0) is 27.2. The highest BCUT2D eigenvalue weighted by atomic mass is 32.2. The van der Waals surface area contributed by atoms with E-state index in [0.717, 1.165) is 11.3 Å². The summed E-state index contributed by atoms with van der Waals surface area (Å²) in [5.41, 5.74) is 2.91. The molecule has 0 bridgehead atoms. The van der Waals surface area contributed by atoms with E-state index in [2.05, 4.69) is 0 Å². The second kappa shape index (κ2) is 12.0. The van der Waals surface area contributed by atoms with Gasteiger partial charge < -0.3 is 9.47 Å². The van der Waals surface area contributed by atoms with E-state index in [0.29, 0.717) is 28.8 Å². The molecule has 38 heavy (non-hydrogen) atoms. The van der Waals surface area contributed by atoms with Crippen LogP contribution in [0.5, 0.6) is 11.5 Å². The number of hydrogen-bond donors (Lipinski definition) is 0. The van der Waals surface area contributed by atoms with Crippen LogP contribution in [0.1, 0.15) is 37.9 Å². The normalized spacial score (nSPS) is 15.2. The molecule has 3 aromatic carbocycles. The number of para-hydroxylation sites is 1. The van der Waals surface area contributed by atoms with Gasteiger partial charge in [0, 0.05) is 17.0 Å². The molecule has 0 amide bonds. The standard InChI is InChI=1S/C29H29N3O5S/c1-5-36-25-16-23(24(32(34)35)17-26(25)37-18-21-12-8-6-9-13-21)28-27(20(3)33)19(2)31(29(30-28)38-4)22-14-10-7-11-15-22/h6-17,28H,5,18H2,1-4H3/t28-/m1/s1. The number of benzene rings is 3. The fraction of sp³-hybridized carbons (Fsp3) is 0.241. The number of nitro groups is 1. The van der Waals surface area contributed by atoms with Crippen LogP contribution in [0.15, 0.2) is 89.1 Å². The van der Waals surface area contributed by atoms with Crippen LogP contribution in [0.2, 0.25) is 0 Å². The van der Waals surface area contributed by atoms with Crippen LogP contribution in [0.4, 0.5) is 11.4 Å². The number of nitro benzene ring substituents is 1. The Balaban J connectivity index is 1.85. The van der Waals surface area contributed by atoms with Crippen molar-refractivity contribution in [1.82, 2.24) is 0 Å². The zero-order valence-electron chi connectivity index (χ0n) is 21.7. The van der Waals surface area contributed by atoms with Crippen LogP contribution in [-0.2, 0) is 11.4 Å². The summed E-state index contributed by atoms with van der Waals surface area (Å²) in [5, 5.41) is 12.9. The molecule has 0 spiro atoms. The summed E-state index contributed by atoms with van der Waals surface area (Å²) in [4.78, 5) is 31.6. The van der Waals surface area contributed by atoms with Crippen LogP contribution in [0.3, 0.4) is 0 Å². The number of amidine groups is 1. The third kappa shape index (κ3) is 5.57. The fourth-order valence-corrected chi connectivity index (χ4v) is 5.09. The zero-order valence-corrected chi connectivity index (χ0v) is 22.5. The molecule has 0 aromatic heterocycles. The van der Waals surface area contributed by atoms with E-state index in [-0.39, 0.29) is 29.4 Å². The molecule has 0 aliphatic carbocycles. The first kappa shape index (κ1) is 26.9. The Bertz CT molecular complexity index is 1390. The molecule has 1 aliphatic heterocycles. The lowest BCUT2D eigenvalue weighted by Crippen LogP contribution is -2.34. The molecule has 0 unspecified atom stereocenters. The molecule has 9 heteroatoms. The molecule has 1 atom stereocenters. The summed E-state index contributed by atoms with van der Waals surface area (Å²) >= 11 is 1.41. The van der Waals surface area contributed by atoms with Crippen molar-refractivity contribution in [3.8, 4) is 11.5 Å². The Hall–Kier alpha value is -4.11. The van der Waals surface area contributed by atoms with Gasteiger partial charge in [0.2, 0.25) is 0 Å². The molecule has 1 aliphatic rings. The monoisotopic (exact) mass is 531 g/mol. The number of Topliss-reactive ketones (excluding diaryl/α,β-unsaturated/α-hetero) is 1. The number of anilines is 1. The number of hydrogen-bond acceptors (Lipinski definition) is 8. The molecule has 196 valence electrons. The number of nitrogens with zero attached hydrogens (tertiary/aromatic N) is 3. The Kier molecular flexibility index (Phi) is 8.48. The molecule has 0 saturated carbocycles. The van der Waals surface area contributed by atoms with Crippen molar-refractivity contribution in [2.45, 2.75) is 33.4 Å². The van der Waals surface area contributed by atoms with E-state index in [4.69, 9.17) is 14.5 Å². The molecule has 0 radical (unpaired) electrons. The highest BCUT2D eigenvalue weighted by Gasteiger charge is 2.36. The maximum Gasteiger partial charge on any atom is 0.279 e. The van der Waals surface area contributed by atoms with Crippen LogP contribution >= 0.6 is 11.8 Å². The van der Waals surface area contributed by atoms with Crippen LogP contribution in [-0.4, -0.2) is 28.7 Å². The molecular formula is C29H29N3O5S. The van der Waals surface area contributed by atoms with Gasteiger partial charge in [-0.3, -0.25) is 19.8 Å². The number of carbonyl (C=O) groups excluding carboxylic acids is 1. The van der Waals surface area contributed by atoms with E-state index in [1.54, 1.807) is 6.07 Å². The topological polar surface area (TPSA) is 94.3 Å². The van der Waals surface area contributed by atoms with Crippen molar-refractivity contribution in [2.24, 2.45) is 4.99 Å². The number of aliphatic imine (C=N–C) groups is 1. The first-order chi connectivity index (χ1) is 18.3. The second-order valence-corrected chi connectivity index (χ2v) is 9.34. The molecule has 0 saturated heterocycles. The van der Waals surface area contributed by atoms with Crippen molar-refractivity contribution < 1.29 is 19.2 Å². The minimum atomic E-state index is -0.877. The summed E-state index contributed by atoms with van der Waals surface area (Å²) in [6.07, 6.45) is 1.89. The van der Waals surface area contributed by atoms with E-state index >= 15 is 0 Å². The largest absolute Gasteiger partial charge is 0.490 e. The van der Waals surface area contributed by atoms with Gasteiger partial charge >= 0.3 is 0 Å². The molecule has 4 rings (SSSR count). The first-order valence-electron chi connectivity index (χ1n) is 12.2. The molecular weight excluding hydrogens is 502 g/mol. The van der Waals surface area contributed by atoms with Gasteiger partial charge in [-0.05, 0) is 50.8 Å². The fourth-order valence-electron chi connectivity index (χ4n) is 4.45. The van der Waals surface area contributed by atoms with Gasteiger partial charge in [0.25, 0.3) is 5.69 Å². The van der Waals surface area contributed by atoms with Gasteiger partial charge in [-0.15, -0.1) is 0 Å². The van der Waals surface area contributed by atoms with Crippen LogP contribution in [0.25, 0.3) is 0 Å². The van der Waals surface area contributed by atoms with Gasteiger partial charge in [-0.2, -0.15) is 0 Å². The summed E-state index contributed by atoms with van der Waals surface area (Å²) in [6, 6.07) is 21.2. The summed E-state index contributed by atoms with van der Waals surface area (Å²) in [6.45, 7) is 5.68. The van der Waals surface area contributed by atoms with E-state index in [1.165, 1.54) is 24.8 Å². The number of carbonyl (C=O) groups is 1. The Morgan fingerprint density at radius 1 is 1.05 bits per heavy atom. The lowest BCUT2D eigenvalue weighted by Gasteiger charge is -2.34. The van der Waals surface area contributed by atoms with Gasteiger partial charge in [-0.25, -0.2) is 4.99 Å². The Labute approximate surface area is 226 Å². The van der Waals surface area contributed by atoms with Crippen molar-refractivity contribution in [2.75, 3.05) is 17.8 Å². The summed E-state index contributed by atoms with van der Waals surface area (Å²) < 4.78 is 11.8. The number of rotatable bonds is 9. The molecule has 0 fully saturated rings. The summed E-state index contributed by atoms with van der Waals surface area (Å²) in [5.74, 6) is 0.400. The van der Waals surface area contributed by atoms with E-state index in [9.17, 15) is 14.9 Å². The molecule has 8 nitrogen and oxygen atoms in total. The first-order valence-corrected chi connectivity index (χ1v) is 13.4. The maximum absolute atomic E-state index is 13.0. The van der Waals surface area contributed by atoms with Crippen LogP contribution < -0.4 is 14.4 Å². The molecule has 0 N–H and O–H groups in total. The minimum Gasteiger partial charge on any atom is -0.490 e. The number of allylic oxidation sites excluding steroid dienone is 1. The second-order valence-electron chi connectivity index (χ2n) is 8.57. The lowest BCUT2D eigenvalue weighted by atomic mass is 9.91. The van der Waals surface area contributed by atoms with E-state index in [1.807, 2.05) is 85.7 Å². The average Bonchev–Trinajstić information content (AvgIpc) is 2.92. The van der Waals surface area contributed by atoms with Gasteiger partial charge in [0.05, 0.1) is 23.2 Å². The quantitative estimate of drug-likeness (QED) is 0.224. The Morgan fingerprint density at radius 3 is 2.26 bits per heavy atom. The van der Waals surface area contributed by atoms with Crippen molar-refractivity contribution in [1.29, 1.82) is 0 Å². The minimum absolute atomic E-state index is 0.189. The van der Waals surface area contributed by atoms with Crippen molar-refractivity contribution in [3.63, 3.8) is 0 Å². The van der Waals surface area contributed by atoms with Crippen molar-refractivity contribution in [3.05, 3.63) is 105 Å². The summed E-state index contributed by atoms with van der Waals surface area (Å²) in [7, 11) is 0. The third-order valence-electron chi connectivity index (χ3n) is 6.13. The average molecular weight is 532 g/mol. The van der Waals surface area contributed by atoms with Crippen LogP contribution in [0, 0.1) is 10.1 Å². The number of thioether (sulfide) groups is 1. The number of ketones is 1. The van der Waals surface area contributed by atoms with Crippen molar-refractivity contribution >= 4 is 34.1 Å². The predicted octanol–water partition coefficient (Wildman–Crippen LogP) is 6.72.